The van der Waals surface area contributed by atoms with Crippen molar-refractivity contribution in [2.24, 2.45) is 0 Å². The van der Waals surface area contributed by atoms with E-state index in [4.69, 9.17) is 0 Å². The van der Waals surface area contributed by atoms with Crippen molar-refractivity contribution in [3.05, 3.63) is 0 Å². The van der Waals surface area contributed by atoms with Crippen molar-refractivity contribution in [3.8, 4) is 11.8 Å². The summed E-state index contributed by atoms with van der Waals surface area (Å²) in [5.41, 5.74) is 0. The molecule has 0 radical (unpaired) electrons. The Hall–Kier alpha value is 0.126. The predicted molar refractivity (Wildman–Crippen MR) is 28.5 cm³/mol. The van der Waals surface area contributed by atoms with Gasteiger partial charge >= 0.3 is 57.6 Å². The molecule has 0 saturated heterocycles. The molecule has 7 heteroatoms. The molecule has 0 unspecified atom stereocenters. The average Bonchev–Trinajstić information content (AvgIpc) is 1.84. The molecule has 0 aromatic heterocycles. The summed E-state index contributed by atoms with van der Waals surface area (Å²) in [4.78, 5) is 19.6. The van der Waals surface area contributed by atoms with Gasteiger partial charge in [-0.25, -0.2) is 0 Å². The molecule has 0 N–H and O–H groups in total. The van der Waals surface area contributed by atoms with Crippen LogP contribution in [0.4, 0.5) is 13.2 Å². The first-order valence-corrected chi connectivity index (χ1v) is 2.64. The molecule has 0 heterocycles. The molecule has 66 valence electrons. The fraction of sp³-hybridized carbons (Fsp3) is 0.333. The standard InChI is InChI=1S/C6H3F3O3.K/c7-6(8,9)4(10)2-1-3-5(11)12;/h2H2,(H,11,12);/q;+1/p-1. The Kier molecular flexibility index (Phi) is 7.87. The molecule has 0 amide bonds. The summed E-state index contributed by atoms with van der Waals surface area (Å²) >= 11 is 0. The van der Waals surface area contributed by atoms with Gasteiger partial charge in [0.15, 0.2) is 0 Å². The van der Waals surface area contributed by atoms with Crippen LogP contribution in [0.1, 0.15) is 6.42 Å². The number of ketones is 1. The molecule has 0 aliphatic heterocycles. The molecule has 0 aromatic carbocycles. The minimum Gasteiger partial charge on any atom is -0.537 e. The quantitative estimate of drug-likeness (QED) is 0.336. The third-order valence-corrected chi connectivity index (χ3v) is 0.756. The van der Waals surface area contributed by atoms with Crippen molar-refractivity contribution >= 4 is 11.8 Å². The molecule has 0 aliphatic carbocycles. The number of carbonyl (C=O) groups excluding carboxylic acids is 2. The van der Waals surface area contributed by atoms with E-state index < -0.39 is 24.3 Å². The Morgan fingerprint density at radius 3 is 2.08 bits per heavy atom. The molecule has 0 aliphatic rings. The summed E-state index contributed by atoms with van der Waals surface area (Å²) < 4.78 is 34.2. The van der Waals surface area contributed by atoms with Crippen molar-refractivity contribution in [2.45, 2.75) is 12.6 Å². The van der Waals surface area contributed by atoms with Crippen LogP contribution in [-0.2, 0) is 9.59 Å². The molecule has 0 bridgehead atoms. The number of Topliss-reactive ketones (excluding diaryl/α,β-unsaturated/α-hetero) is 1. The molecule has 0 saturated carbocycles. The Bertz CT molecular complexity index is 261. The minimum atomic E-state index is -4.96. The summed E-state index contributed by atoms with van der Waals surface area (Å²) in [5.74, 6) is -1.10. The van der Waals surface area contributed by atoms with E-state index >= 15 is 0 Å². The average molecular weight is 218 g/mol. The Morgan fingerprint density at radius 1 is 1.31 bits per heavy atom. The molecule has 0 rings (SSSR count). The Morgan fingerprint density at radius 2 is 1.77 bits per heavy atom. The summed E-state index contributed by atoms with van der Waals surface area (Å²) in [6, 6.07) is 0. The second-order valence-electron chi connectivity index (χ2n) is 1.69. The zero-order chi connectivity index (χ0) is 9.78. The number of hydrogen-bond donors (Lipinski definition) is 0. The molecule has 0 aromatic rings. The van der Waals surface area contributed by atoms with Gasteiger partial charge < -0.3 is 9.90 Å². The van der Waals surface area contributed by atoms with E-state index in [1.165, 1.54) is 11.8 Å². The van der Waals surface area contributed by atoms with Gasteiger partial charge in [-0.3, -0.25) is 4.79 Å². The van der Waals surface area contributed by atoms with Crippen molar-refractivity contribution in [2.75, 3.05) is 0 Å². The van der Waals surface area contributed by atoms with Crippen molar-refractivity contribution < 1.29 is 79.3 Å². The fourth-order valence-corrected chi connectivity index (χ4v) is 0.297. The maximum Gasteiger partial charge on any atom is 1.00 e. The van der Waals surface area contributed by atoms with E-state index in [0.717, 1.165) is 0 Å². The largest absolute Gasteiger partial charge is 1.00 e. The fourth-order valence-electron chi connectivity index (χ4n) is 0.297. The molecule has 0 spiro atoms. The van der Waals surface area contributed by atoms with E-state index in [1.54, 1.807) is 0 Å². The minimum absolute atomic E-state index is 0. The Labute approximate surface area is 114 Å². The number of carboxylic acids is 1. The molecule has 13 heavy (non-hydrogen) atoms. The smallest absolute Gasteiger partial charge is 0.537 e. The maximum atomic E-state index is 11.4. The zero-order valence-electron chi connectivity index (χ0n) is 6.57. The normalized spacial score (nSPS) is 9.15. The maximum absolute atomic E-state index is 11.4. The number of carboxylic acid groups (broad SMARTS) is 1. The number of carbonyl (C=O) groups is 2. The molecule has 0 fully saturated rings. The molecule has 0 atom stereocenters. The Balaban J connectivity index is 0. The number of aliphatic carboxylic acids is 1. The van der Waals surface area contributed by atoms with E-state index in [9.17, 15) is 27.9 Å². The number of rotatable bonds is 1. The summed E-state index contributed by atoms with van der Waals surface area (Å²) in [6.45, 7) is 0. The van der Waals surface area contributed by atoms with Gasteiger partial charge in [0.2, 0.25) is 5.78 Å². The van der Waals surface area contributed by atoms with Crippen LogP contribution in [0.3, 0.4) is 0 Å². The summed E-state index contributed by atoms with van der Waals surface area (Å²) in [6.07, 6.45) is -6.11. The second kappa shape index (κ2) is 6.56. The van der Waals surface area contributed by atoms with Gasteiger partial charge in [0.1, 0.15) is 5.97 Å². The van der Waals surface area contributed by atoms with E-state index in [0.29, 0.717) is 0 Å². The van der Waals surface area contributed by atoms with Gasteiger partial charge in [-0.2, -0.15) is 13.2 Å². The number of hydrogen-bond acceptors (Lipinski definition) is 3. The number of halogens is 3. The van der Waals surface area contributed by atoms with E-state index in [-0.39, 0.29) is 51.4 Å². The van der Waals surface area contributed by atoms with Gasteiger partial charge in [-0.1, -0.05) is 5.92 Å². The van der Waals surface area contributed by atoms with E-state index in [2.05, 4.69) is 0 Å². The zero-order valence-corrected chi connectivity index (χ0v) is 9.69. The first-order chi connectivity index (χ1) is 5.34. The van der Waals surface area contributed by atoms with Crippen LogP contribution in [0.5, 0.6) is 0 Å². The SMILES string of the molecule is O=C([O-])C#CCC(=O)C(F)(F)F.[K+]. The summed E-state index contributed by atoms with van der Waals surface area (Å²) in [7, 11) is 0. The first kappa shape index (κ1) is 15.6. The van der Waals surface area contributed by atoms with Crippen LogP contribution in [0.15, 0.2) is 0 Å². The topological polar surface area (TPSA) is 57.2 Å². The van der Waals surface area contributed by atoms with Crippen molar-refractivity contribution in [1.29, 1.82) is 0 Å². The summed E-state index contributed by atoms with van der Waals surface area (Å²) in [5, 5.41) is 9.55. The molecular formula is C6H2F3KO3. The molecular weight excluding hydrogens is 216 g/mol. The van der Waals surface area contributed by atoms with Crippen LogP contribution in [0.25, 0.3) is 0 Å². The predicted octanol–water partition coefficient (Wildman–Crippen LogP) is -3.73. The third-order valence-electron chi connectivity index (χ3n) is 0.756. The monoisotopic (exact) mass is 218 g/mol. The van der Waals surface area contributed by atoms with Crippen LogP contribution < -0.4 is 56.5 Å². The van der Waals surface area contributed by atoms with Gasteiger partial charge in [0, 0.05) is 0 Å². The van der Waals surface area contributed by atoms with Crippen LogP contribution in [-0.4, -0.2) is 17.9 Å². The van der Waals surface area contributed by atoms with Crippen LogP contribution in [0, 0.1) is 11.8 Å². The first-order valence-electron chi connectivity index (χ1n) is 2.64. The van der Waals surface area contributed by atoms with Crippen molar-refractivity contribution in [3.63, 3.8) is 0 Å². The van der Waals surface area contributed by atoms with Gasteiger partial charge in [0.05, 0.1) is 6.42 Å². The van der Waals surface area contributed by atoms with Crippen LogP contribution >= 0.6 is 0 Å². The van der Waals surface area contributed by atoms with Gasteiger partial charge in [0.25, 0.3) is 0 Å². The third kappa shape index (κ3) is 8.46. The van der Waals surface area contributed by atoms with Gasteiger partial charge in [-0.15, -0.1) is 0 Å². The van der Waals surface area contributed by atoms with E-state index in [1.807, 2.05) is 0 Å². The number of alkyl halides is 3. The second-order valence-corrected chi connectivity index (χ2v) is 1.69. The molecule has 3 nitrogen and oxygen atoms in total. The van der Waals surface area contributed by atoms with Gasteiger partial charge in [-0.05, 0) is 5.92 Å². The van der Waals surface area contributed by atoms with Crippen molar-refractivity contribution in [1.82, 2.24) is 0 Å². The van der Waals surface area contributed by atoms with Crippen LogP contribution in [0.2, 0.25) is 0 Å².